The number of hydrogen-bond acceptors (Lipinski definition) is 0. The van der Waals surface area contributed by atoms with Crippen molar-refractivity contribution in [3.8, 4) is 0 Å². The number of hydrogen-bond donors (Lipinski definition) is 0. The molecule has 0 saturated heterocycles. The third-order valence-corrected chi connectivity index (χ3v) is 0. The van der Waals surface area contributed by atoms with Crippen molar-refractivity contribution in [1.82, 2.24) is 0 Å². The Morgan fingerprint density at radius 2 is 1.50 bits per heavy atom. The molecular weight excluding hydrogens is 96.3 g/mol. The van der Waals surface area contributed by atoms with Crippen molar-refractivity contribution in [2.75, 3.05) is 0 Å². The minimum atomic E-state index is -0.269. The van der Waals surface area contributed by atoms with Crippen LogP contribution in [0.2, 0.25) is 6.55 Å². The van der Waals surface area contributed by atoms with Crippen LogP contribution in [0.3, 0.4) is 0 Å². The van der Waals surface area contributed by atoms with Crippen molar-refractivity contribution in [3.63, 3.8) is 0 Å². The fraction of sp³-hybridized carbons (Fsp3) is 1.00. The first-order valence-corrected chi connectivity index (χ1v) is 6.00. The molecule has 7 radical (unpaired) electrons. The van der Waals surface area contributed by atoms with E-state index in [0.717, 1.165) is 0 Å². The van der Waals surface area contributed by atoms with Crippen LogP contribution < -0.4 is 0 Å². The largest absolute Gasteiger partial charge is 0.0763 e. The fourth-order valence-electron chi connectivity index (χ4n) is 0. The first kappa shape index (κ1) is 4.65. The summed E-state index contributed by atoms with van der Waals surface area (Å²) in [4.78, 5) is 0. The molecule has 0 N–H and O–H groups in total. The summed E-state index contributed by atoms with van der Waals surface area (Å²) < 4.78 is 0. The molecule has 0 rings (SSSR count). The predicted molar refractivity (Wildman–Crippen MR) is 23.1 cm³/mol. The molecule has 0 aromatic heterocycles. The SMILES string of the molecule is C[Si]([Si])[Si]. The topological polar surface area (TPSA) is 0 Å². The van der Waals surface area contributed by atoms with Gasteiger partial charge in [0.05, 0.1) is 0 Å². The maximum Gasteiger partial charge on any atom is 0.0112 e. The zero-order valence-electron chi connectivity index (χ0n) is 2.50. The van der Waals surface area contributed by atoms with E-state index in [4.69, 9.17) is 0 Å². The Hall–Kier alpha value is 0.651. The summed E-state index contributed by atoms with van der Waals surface area (Å²) in [6, 6.07) is 0. The van der Waals surface area contributed by atoms with Crippen LogP contribution in [0.4, 0.5) is 0 Å². The van der Waals surface area contributed by atoms with E-state index in [1.807, 2.05) is 0 Å². The molecule has 0 spiro atoms. The van der Waals surface area contributed by atoms with E-state index in [1.165, 1.54) is 0 Å². The molecule has 0 amide bonds. The van der Waals surface area contributed by atoms with Gasteiger partial charge in [0, 0.05) is 27.4 Å². The molecule has 0 unspecified atom stereocenters. The highest BCUT2D eigenvalue weighted by molar-refractivity contribution is 7.28. The standard InChI is InChI=1S/CH3Si3/c1-4(2)3/h1H3. The van der Waals surface area contributed by atoms with Crippen LogP contribution in [0.15, 0.2) is 0 Å². The first-order valence-electron chi connectivity index (χ1n) is 1.00. The zero-order chi connectivity index (χ0) is 3.58. The quantitative estimate of drug-likeness (QED) is 0.357. The van der Waals surface area contributed by atoms with Crippen LogP contribution in [-0.2, 0) is 0 Å². The smallest absolute Gasteiger partial charge is 0.0112 e. The molecular formula is CH3Si3. The van der Waals surface area contributed by atoms with Gasteiger partial charge in [0.1, 0.15) is 0 Å². The van der Waals surface area contributed by atoms with Crippen molar-refractivity contribution >= 4 is 27.4 Å². The second-order valence-electron chi connectivity index (χ2n) is 0.625. The lowest BCUT2D eigenvalue weighted by molar-refractivity contribution is 2.34. The Bertz CT molecular complexity index is 8.00. The molecule has 0 aromatic rings. The summed E-state index contributed by atoms with van der Waals surface area (Å²) in [5, 5.41) is 0. The molecule has 0 aliphatic rings. The van der Waals surface area contributed by atoms with E-state index in [2.05, 4.69) is 26.1 Å². The second-order valence-corrected chi connectivity index (χ2v) is 7.88. The van der Waals surface area contributed by atoms with Gasteiger partial charge in [0.2, 0.25) is 0 Å². The molecule has 3 heteroatoms. The Kier molecular flexibility index (Phi) is 2.24. The van der Waals surface area contributed by atoms with Crippen LogP contribution in [0, 0.1) is 0 Å². The Balaban J connectivity index is 2.32. The van der Waals surface area contributed by atoms with E-state index in [9.17, 15) is 0 Å². The van der Waals surface area contributed by atoms with Gasteiger partial charge in [0.25, 0.3) is 0 Å². The fourth-order valence-corrected chi connectivity index (χ4v) is 0. The van der Waals surface area contributed by atoms with Crippen LogP contribution in [0.25, 0.3) is 0 Å². The Morgan fingerprint density at radius 3 is 1.50 bits per heavy atom. The second kappa shape index (κ2) is 1.92. The minimum Gasteiger partial charge on any atom is -0.0763 e. The van der Waals surface area contributed by atoms with E-state index >= 15 is 0 Å². The lowest BCUT2D eigenvalue weighted by atomic mass is 11.9. The highest BCUT2D eigenvalue weighted by atomic mass is 29.5. The van der Waals surface area contributed by atoms with Crippen LogP contribution in [0.1, 0.15) is 0 Å². The molecule has 0 heterocycles. The minimum absolute atomic E-state index is 0.269. The lowest BCUT2D eigenvalue weighted by Gasteiger charge is -1.74. The lowest BCUT2D eigenvalue weighted by Crippen LogP contribution is -2.03. The van der Waals surface area contributed by atoms with Gasteiger partial charge in [-0.05, 0) is 0 Å². The average Bonchev–Trinajstić information content (AvgIpc) is 0.811. The van der Waals surface area contributed by atoms with Crippen LogP contribution >= 0.6 is 0 Å². The van der Waals surface area contributed by atoms with Gasteiger partial charge in [0.15, 0.2) is 0 Å². The van der Waals surface area contributed by atoms with E-state index < -0.39 is 0 Å². The summed E-state index contributed by atoms with van der Waals surface area (Å²) in [7, 11) is 6.39. The van der Waals surface area contributed by atoms with Crippen molar-refractivity contribution in [2.45, 2.75) is 6.55 Å². The third kappa shape index (κ3) is 17.1. The predicted octanol–water partition coefficient (Wildman–Crippen LogP) is -0.559. The van der Waals surface area contributed by atoms with Gasteiger partial charge in [-0.3, -0.25) is 0 Å². The monoisotopic (exact) mass is 99.0 g/mol. The number of rotatable bonds is 0. The average molecular weight is 99.3 g/mol. The van der Waals surface area contributed by atoms with Crippen molar-refractivity contribution in [3.05, 3.63) is 0 Å². The summed E-state index contributed by atoms with van der Waals surface area (Å²) in [5.41, 5.74) is 0. The van der Waals surface area contributed by atoms with Gasteiger partial charge in [-0.2, -0.15) is 0 Å². The first-order chi connectivity index (χ1) is 1.73. The highest BCUT2D eigenvalue weighted by Gasteiger charge is 1.73. The maximum atomic E-state index is 3.33. The summed E-state index contributed by atoms with van der Waals surface area (Å²) in [6.07, 6.45) is 0. The van der Waals surface area contributed by atoms with E-state index in [-0.39, 0.29) is 7.83 Å². The van der Waals surface area contributed by atoms with Crippen molar-refractivity contribution in [2.24, 2.45) is 0 Å². The van der Waals surface area contributed by atoms with Crippen molar-refractivity contribution in [1.29, 1.82) is 0 Å². The Morgan fingerprint density at radius 1 is 1.50 bits per heavy atom. The van der Waals surface area contributed by atoms with Gasteiger partial charge >= 0.3 is 0 Å². The third-order valence-electron chi connectivity index (χ3n) is 0. The zero-order valence-corrected chi connectivity index (χ0v) is 5.50. The molecule has 0 aromatic carbocycles. The molecule has 0 saturated carbocycles. The van der Waals surface area contributed by atoms with Gasteiger partial charge in [-0.25, -0.2) is 0 Å². The van der Waals surface area contributed by atoms with E-state index in [0.29, 0.717) is 0 Å². The molecule has 0 nitrogen and oxygen atoms in total. The van der Waals surface area contributed by atoms with Gasteiger partial charge < -0.3 is 0 Å². The molecule has 0 aliphatic carbocycles. The molecule has 19 valence electrons. The summed E-state index contributed by atoms with van der Waals surface area (Å²) in [6.45, 7) is 2.10. The summed E-state index contributed by atoms with van der Waals surface area (Å²) >= 11 is 0. The molecule has 0 fully saturated rings. The van der Waals surface area contributed by atoms with Gasteiger partial charge in [-0.15, -0.1) is 0 Å². The van der Waals surface area contributed by atoms with Crippen LogP contribution in [0.5, 0.6) is 0 Å². The highest BCUT2D eigenvalue weighted by Crippen LogP contribution is 1.48. The normalized spacial score (nSPS) is 9.00. The van der Waals surface area contributed by atoms with Crippen molar-refractivity contribution < 1.29 is 0 Å². The van der Waals surface area contributed by atoms with Gasteiger partial charge in [-0.1, -0.05) is 6.55 Å². The molecule has 0 atom stereocenters. The molecule has 0 bridgehead atoms. The Labute approximate surface area is 34.6 Å². The molecule has 0 aliphatic heterocycles. The maximum absolute atomic E-state index is 3.33. The summed E-state index contributed by atoms with van der Waals surface area (Å²) in [5.74, 6) is 0. The molecule has 4 heavy (non-hydrogen) atoms. The van der Waals surface area contributed by atoms with E-state index in [1.54, 1.807) is 0 Å². The van der Waals surface area contributed by atoms with Crippen LogP contribution in [-0.4, -0.2) is 27.4 Å².